The van der Waals surface area contributed by atoms with Crippen molar-refractivity contribution in [2.45, 2.75) is 22.9 Å². The minimum absolute atomic E-state index is 0.133. The fourth-order valence-corrected chi connectivity index (χ4v) is 6.18. The standard InChI is InChI=1S/C26H22N2O2S3/c1-18-9-11-21(12-10-18)33(30)17-20(29)16-32-26-23(15-27)22(19-6-3-2-4-7-19)14-24(28-26)25-8-5-13-31-25/h2-14,20,29H,16-17H2,1H3/t20-,33+/m0/s1. The van der Waals surface area contributed by atoms with Gasteiger partial charge in [0.15, 0.2) is 0 Å². The average Bonchev–Trinajstić information content (AvgIpc) is 3.38. The number of benzene rings is 2. The number of hydrogen-bond donors (Lipinski definition) is 1. The Morgan fingerprint density at radius 2 is 1.88 bits per heavy atom. The average molecular weight is 491 g/mol. The van der Waals surface area contributed by atoms with Crippen LogP contribution in [0, 0.1) is 18.3 Å². The first-order valence-corrected chi connectivity index (χ1v) is 13.5. The van der Waals surface area contributed by atoms with Gasteiger partial charge in [-0.15, -0.1) is 23.1 Å². The Bertz CT molecular complexity index is 1280. The lowest BCUT2D eigenvalue weighted by Crippen LogP contribution is -2.19. The molecule has 0 aliphatic rings. The summed E-state index contributed by atoms with van der Waals surface area (Å²) < 4.78 is 12.6. The van der Waals surface area contributed by atoms with Gasteiger partial charge in [0, 0.05) is 16.2 Å². The minimum atomic E-state index is -1.30. The minimum Gasteiger partial charge on any atom is -0.391 e. The summed E-state index contributed by atoms with van der Waals surface area (Å²) in [6.07, 6.45) is -0.795. The molecule has 1 N–H and O–H groups in total. The first-order chi connectivity index (χ1) is 16.0. The van der Waals surface area contributed by atoms with Gasteiger partial charge in [-0.3, -0.25) is 4.21 Å². The molecule has 0 aliphatic heterocycles. The SMILES string of the molecule is Cc1ccc([S@](=O)C[C@@H](O)CSc2nc(-c3cccs3)cc(-c3ccccc3)c2C#N)cc1. The molecule has 0 amide bonds. The van der Waals surface area contributed by atoms with Crippen LogP contribution < -0.4 is 0 Å². The molecule has 33 heavy (non-hydrogen) atoms. The molecular formula is C26H22N2O2S3. The summed E-state index contributed by atoms with van der Waals surface area (Å²) in [7, 11) is -1.30. The number of nitrogens with zero attached hydrogens (tertiary/aromatic N) is 2. The second-order valence-electron chi connectivity index (χ2n) is 7.48. The second kappa shape index (κ2) is 10.9. The van der Waals surface area contributed by atoms with E-state index in [0.29, 0.717) is 21.2 Å². The number of aryl methyl sites for hydroxylation is 1. The van der Waals surface area contributed by atoms with Crippen molar-refractivity contribution in [1.29, 1.82) is 5.26 Å². The van der Waals surface area contributed by atoms with Gasteiger partial charge in [0.1, 0.15) is 11.1 Å². The van der Waals surface area contributed by atoms with Crippen molar-refractivity contribution in [3.05, 3.63) is 89.3 Å². The number of thioether (sulfide) groups is 1. The molecule has 0 radical (unpaired) electrons. The van der Waals surface area contributed by atoms with Crippen molar-refractivity contribution in [1.82, 2.24) is 4.98 Å². The van der Waals surface area contributed by atoms with Gasteiger partial charge >= 0.3 is 0 Å². The summed E-state index contributed by atoms with van der Waals surface area (Å²) in [6.45, 7) is 1.98. The number of aliphatic hydroxyl groups excluding tert-OH is 1. The number of aliphatic hydroxyl groups is 1. The van der Waals surface area contributed by atoms with Gasteiger partial charge in [0.25, 0.3) is 0 Å². The molecule has 0 saturated carbocycles. The molecule has 4 aromatic rings. The third-order valence-electron chi connectivity index (χ3n) is 5.00. The van der Waals surface area contributed by atoms with Crippen LogP contribution in [0.3, 0.4) is 0 Å². The van der Waals surface area contributed by atoms with E-state index in [1.165, 1.54) is 11.8 Å². The molecule has 4 rings (SSSR count). The Labute approximate surface area is 204 Å². The van der Waals surface area contributed by atoms with Crippen LogP contribution >= 0.6 is 23.1 Å². The van der Waals surface area contributed by atoms with Crippen LogP contribution in [0.1, 0.15) is 11.1 Å². The van der Waals surface area contributed by atoms with Crippen LogP contribution in [-0.2, 0) is 10.8 Å². The van der Waals surface area contributed by atoms with Gasteiger partial charge in [-0.05, 0) is 42.1 Å². The normalized spacial score (nSPS) is 12.8. The van der Waals surface area contributed by atoms with Crippen LogP contribution in [0.5, 0.6) is 0 Å². The third-order valence-corrected chi connectivity index (χ3v) is 8.49. The van der Waals surface area contributed by atoms with Crippen LogP contribution in [-0.4, -0.2) is 31.9 Å². The quantitative estimate of drug-likeness (QED) is 0.311. The Morgan fingerprint density at radius 1 is 1.12 bits per heavy atom. The van der Waals surface area contributed by atoms with E-state index in [1.54, 1.807) is 11.3 Å². The molecule has 7 heteroatoms. The van der Waals surface area contributed by atoms with E-state index in [4.69, 9.17) is 4.98 Å². The molecule has 2 atom stereocenters. The maximum absolute atomic E-state index is 12.6. The monoisotopic (exact) mass is 490 g/mol. The summed E-state index contributed by atoms with van der Waals surface area (Å²) in [4.78, 5) is 6.47. The summed E-state index contributed by atoms with van der Waals surface area (Å²) in [5, 5.41) is 23.1. The van der Waals surface area contributed by atoms with E-state index in [2.05, 4.69) is 6.07 Å². The Hall–Kier alpha value is -2.76. The number of nitriles is 1. The Balaban J connectivity index is 1.58. The van der Waals surface area contributed by atoms with Gasteiger partial charge in [-0.1, -0.05) is 54.1 Å². The molecule has 2 aromatic carbocycles. The van der Waals surface area contributed by atoms with Crippen molar-refractivity contribution >= 4 is 33.9 Å². The predicted octanol–water partition coefficient (Wildman–Crippen LogP) is 5.92. The number of rotatable bonds is 8. The molecule has 0 bridgehead atoms. The first kappa shape index (κ1) is 23.4. The highest BCUT2D eigenvalue weighted by Gasteiger charge is 2.18. The molecule has 2 aromatic heterocycles. The van der Waals surface area contributed by atoms with E-state index in [0.717, 1.165) is 27.3 Å². The number of hydrogen-bond acceptors (Lipinski definition) is 6. The van der Waals surface area contributed by atoms with Crippen LogP contribution in [0.4, 0.5) is 0 Å². The van der Waals surface area contributed by atoms with Crippen molar-refractivity contribution < 1.29 is 9.32 Å². The molecule has 0 fully saturated rings. The number of thiophene rings is 1. The lowest BCUT2D eigenvalue weighted by molar-refractivity contribution is 0.224. The van der Waals surface area contributed by atoms with Gasteiger partial charge < -0.3 is 5.11 Å². The third kappa shape index (κ3) is 5.79. The topological polar surface area (TPSA) is 74.0 Å². The highest BCUT2D eigenvalue weighted by atomic mass is 32.2. The predicted molar refractivity (Wildman–Crippen MR) is 137 cm³/mol. The van der Waals surface area contributed by atoms with E-state index < -0.39 is 16.9 Å². The molecule has 166 valence electrons. The van der Waals surface area contributed by atoms with Gasteiger partial charge in [0.2, 0.25) is 0 Å². The van der Waals surface area contributed by atoms with Gasteiger partial charge in [-0.2, -0.15) is 5.26 Å². The molecular weight excluding hydrogens is 468 g/mol. The number of pyridine rings is 1. The lowest BCUT2D eigenvalue weighted by Gasteiger charge is -2.14. The van der Waals surface area contributed by atoms with Gasteiger partial charge in [-0.25, -0.2) is 4.98 Å². The Kier molecular flexibility index (Phi) is 7.73. The summed E-state index contributed by atoms with van der Waals surface area (Å²) in [6, 6.07) is 25.5. The molecule has 0 saturated heterocycles. The summed E-state index contributed by atoms with van der Waals surface area (Å²) >= 11 is 2.92. The smallest absolute Gasteiger partial charge is 0.115 e. The van der Waals surface area contributed by atoms with Crippen molar-refractivity contribution in [3.8, 4) is 27.8 Å². The molecule has 2 heterocycles. The zero-order valence-corrected chi connectivity index (χ0v) is 20.4. The zero-order chi connectivity index (χ0) is 23.2. The van der Waals surface area contributed by atoms with Crippen LogP contribution in [0.2, 0.25) is 0 Å². The fourth-order valence-electron chi connectivity index (χ4n) is 3.31. The highest BCUT2D eigenvalue weighted by molar-refractivity contribution is 7.99. The molecule has 0 aliphatic carbocycles. The van der Waals surface area contributed by atoms with Gasteiger partial charge in [0.05, 0.1) is 38.8 Å². The van der Waals surface area contributed by atoms with Crippen molar-refractivity contribution in [2.24, 2.45) is 0 Å². The Morgan fingerprint density at radius 3 is 2.55 bits per heavy atom. The maximum atomic E-state index is 12.6. The molecule has 0 unspecified atom stereocenters. The summed E-state index contributed by atoms with van der Waals surface area (Å²) in [5.74, 6) is 0.426. The van der Waals surface area contributed by atoms with Crippen molar-refractivity contribution in [3.63, 3.8) is 0 Å². The largest absolute Gasteiger partial charge is 0.391 e. The molecule has 0 spiro atoms. The van der Waals surface area contributed by atoms with Crippen molar-refractivity contribution in [2.75, 3.05) is 11.5 Å². The first-order valence-electron chi connectivity index (χ1n) is 10.4. The highest BCUT2D eigenvalue weighted by Crippen LogP contribution is 2.35. The van der Waals surface area contributed by atoms with E-state index in [-0.39, 0.29) is 5.75 Å². The van der Waals surface area contributed by atoms with Crippen LogP contribution in [0.15, 0.2) is 88.1 Å². The van der Waals surface area contributed by atoms with E-state index in [9.17, 15) is 14.6 Å². The van der Waals surface area contributed by atoms with Crippen LogP contribution in [0.25, 0.3) is 21.7 Å². The fraction of sp³-hybridized carbons (Fsp3) is 0.154. The second-order valence-corrected chi connectivity index (χ2v) is 10.9. The number of aromatic nitrogens is 1. The zero-order valence-electron chi connectivity index (χ0n) is 18.0. The lowest BCUT2D eigenvalue weighted by atomic mass is 10.0. The maximum Gasteiger partial charge on any atom is 0.115 e. The summed E-state index contributed by atoms with van der Waals surface area (Å²) in [5.41, 5.74) is 4.14. The van der Waals surface area contributed by atoms with E-state index >= 15 is 0 Å². The molecule has 4 nitrogen and oxygen atoms in total. The van der Waals surface area contributed by atoms with E-state index in [1.807, 2.05) is 85.1 Å².